The molecule has 0 heterocycles. The molecular weight excluding hydrogens is 1230 g/mol. The lowest BCUT2D eigenvalue weighted by Gasteiger charge is -2.21. The van der Waals surface area contributed by atoms with Crippen LogP contribution in [0.25, 0.3) is 0 Å². The molecule has 550 valence electrons. The zero-order chi connectivity index (χ0) is 69.0. The van der Waals surface area contributed by atoms with Gasteiger partial charge in [-0.05, 0) is 77.0 Å². The third-order valence-electron chi connectivity index (χ3n) is 16.3. The molecule has 5 atom stereocenters. The lowest BCUT2D eigenvalue weighted by atomic mass is 10.0. The third kappa shape index (κ3) is 67.6. The van der Waals surface area contributed by atoms with Gasteiger partial charge in [0.1, 0.15) is 19.3 Å². The summed E-state index contributed by atoms with van der Waals surface area (Å²) in [6.07, 6.45) is 63.9. The number of unbranched alkanes of at least 4 members (excludes halogenated alkanes) is 38. The van der Waals surface area contributed by atoms with Crippen molar-refractivity contribution in [2.75, 3.05) is 39.6 Å². The molecule has 0 amide bonds. The summed E-state index contributed by atoms with van der Waals surface area (Å²) < 4.78 is 68.4. The summed E-state index contributed by atoms with van der Waals surface area (Å²) in [4.78, 5) is 72.7. The molecule has 0 spiro atoms. The zero-order valence-electron chi connectivity index (χ0n) is 59.9. The number of phosphoric acid groups is 2. The number of allylic oxidation sites excluding steroid dienone is 8. The van der Waals surface area contributed by atoms with Crippen LogP contribution in [-0.2, 0) is 65.4 Å². The molecule has 0 aromatic rings. The van der Waals surface area contributed by atoms with Gasteiger partial charge >= 0.3 is 39.5 Å². The molecule has 0 saturated carbocycles. The van der Waals surface area contributed by atoms with Crippen LogP contribution in [0.3, 0.4) is 0 Å². The van der Waals surface area contributed by atoms with E-state index in [1.54, 1.807) is 0 Å². The molecule has 0 bridgehead atoms. The number of ether oxygens (including phenoxy) is 4. The van der Waals surface area contributed by atoms with Crippen molar-refractivity contribution in [2.24, 2.45) is 0 Å². The van der Waals surface area contributed by atoms with Gasteiger partial charge in [0, 0.05) is 25.7 Å². The fourth-order valence-corrected chi connectivity index (χ4v) is 12.1. The van der Waals surface area contributed by atoms with E-state index in [-0.39, 0.29) is 25.7 Å². The number of esters is 4. The number of aliphatic hydroxyl groups excluding tert-OH is 1. The van der Waals surface area contributed by atoms with Crippen LogP contribution in [0.4, 0.5) is 0 Å². The standard InChI is InChI=1S/C75H138O17P2/c1-5-9-13-17-21-25-29-31-33-34-36-37-41-44-48-52-56-60-73(78)86-66-71(92-75(80)62-58-54-50-46-42-38-35-32-30-26-22-18-14-10-6-2)68-90-94(83,84)88-64-69(76)63-87-93(81,82)89-67-70(91-74(79)61-57-53-49-45-40-28-24-20-16-12-8-4)65-85-72(77)59-55-51-47-43-39-27-23-19-15-11-7-3/h9,13,19,21,23,25,31,33,69-71,76H,5-8,10-12,14-18,20,22,24,26-30,32,34-68H2,1-4H3,(H,81,82)(H,83,84)/b13-9-,23-19-,25-21-,33-31-. The first kappa shape index (κ1) is 91.0. The number of carbonyl (C=O) groups excluding carboxylic acids is 4. The molecule has 0 rings (SSSR count). The van der Waals surface area contributed by atoms with Crippen molar-refractivity contribution in [3.05, 3.63) is 48.6 Å². The Morgan fingerprint density at radius 3 is 0.894 bits per heavy atom. The van der Waals surface area contributed by atoms with Crippen LogP contribution in [0.1, 0.15) is 349 Å². The second-order valence-electron chi connectivity index (χ2n) is 25.6. The van der Waals surface area contributed by atoms with Crippen LogP contribution in [0.2, 0.25) is 0 Å². The molecule has 0 radical (unpaired) electrons. The molecule has 19 heteroatoms. The van der Waals surface area contributed by atoms with Gasteiger partial charge < -0.3 is 33.8 Å². The molecule has 5 unspecified atom stereocenters. The average Bonchev–Trinajstić information content (AvgIpc) is 1.29. The second kappa shape index (κ2) is 68.5. The Bertz CT molecular complexity index is 1980. The van der Waals surface area contributed by atoms with Gasteiger partial charge in [-0.2, -0.15) is 0 Å². The number of carbonyl (C=O) groups is 4. The predicted molar refractivity (Wildman–Crippen MR) is 381 cm³/mol. The highest BCUT2D eigenvalue weighted by atomic mass is 31.2. The van der Waals surface area contributed by atoms with Crippen molar-refractivity contribution in [1.29, 1.82) is 0 Å². The van der Waals surface area contributed by atoms with Crippen LogP contribution in [-0.4, -0.2) is 96.7 Å². The van der Waals surface area contributed by atoms with Crippen LogP contribution in [0.5, 0.6) is 0 Å². The van der Waals surface area contributed by atoms with Crippen molar-refractivity contribution < 1.29 is 80.2 Å². The van der Waals surface area contributed by atoms with Crippen molar-refractivity contribution in [3.8, 4) is 0 Å². The van der Waals surface area contributed by atoms with E-state index in [0.717, 1.165) is 154 Å². The Morgan fingerprint density at radius 2 is 0.564 bits per heavy atom. The van der Waals surface area contributed by atoms with E-state index in [1.807, 2.05) is 0 Å². The third-order valence-corrected chi connectivity index (χ3v) is 18.2. The van der Waals surface area contributed by atoms with Gasteiger partial charge in [-0.1, -0.05) is 295 Å². The number of rotatable bonds is 72. The number of phosphoric ester groups is 2. The number of hydrogen-bond donors (Lipinski definition) is 3. The Kier molecular flexibility index (Phi) is 66.4. The molecule has 0 aromatic carbocycles. The summed E-state index contributed by atoms with van der Waals surface area (Å²) in [5.74, 6) is -2.16. The Hall–Kier alpha value is -2.98. The first-order valence-electron chi connectivity index (χ1n) is 37.9. The van der Waals surface area contributed by atoms with Gasteiger partial charge in [0.25, 0.3) is 0 Å². The maximum Gasteiger partial charge on any atom is 0.472 e. The Balaban J connectivity index is 5.28. The Morgan fingerprint density at radius 1 is 0.309 bits per heavy atom. The van der Waals surface area contributed by atoms with Crippen molar-refractivity contribution in [2.45, 2.75) is 367 Å². The van der Waals surface area contributed by atoms with Gasteiger partial charge in [-0.25, -0.2) is 9.13 Å². The molecule has 0 aliphatic rings. The number of hydrogen-bond acceptors (Lipinski definition) is 15. The lowest BCUT2D eigenvalue weighted by molar-refractivity contribution is -0.161. The van der Waals surface area contributed by atoms with E-state index in [4.69, 9.17) is 37.0 Å². The highest BCUT2D eigenvalue weighted by molar-refractivity contribution is 7.47. The Labute approximate surface area is 572 Å². The smallest absolute Gasteiger partial charge is 0.462 e. The summed E-state index contributed by atoms with van der Waals surface area (Å²) in [5, 5.41) is 10.6. The van der Waals surface area contributed by atoms with Gasteiger partial charge in [0.2, 0.25) is 0 Å². The maximum atomic E-state index is 13.1. The summed E-state index contributed by atoms with van der Waals surface area (Å²) in [6, 6.07) is 0. The van der Waals surface area contributed by atoms with Crippen LogP contribution >= 0.6 is 15.6 Å². The molecule has 0 fully saturated rings. The normalized spacial score (nSPS) is 14.2. The van der Waals surface area contributed by atoms with Gasteiger partial charge in [-0.15, -0.1) is 0 Å². The van der Waals surface area contributed by atoms with Crippen LogP contribution in [0.15, 0.2) is 48.6 Å². The van der Waals surface area contributed by atoms with Crippen molar-refractivity contribution in [3.63, 3.8) is 0 Å². The zero-order valence-corrected chi connectivity index (χ0v) is 61.7. The predicted octanol–water partition coefficient (Wildman–Crippen LogP) is 21.3. The summed E-state index contributed by atoms with van der Waals surface area (Å²) in [7, 11) is -9.92. The van der Waals surface area contributed by atoms with Crippen molar-refractivity contribution >= 4 is 39.5 Å². The largest absolute Gasteiger partial charge is 0.472 e. The molecule has 94 heavy (non-hydrogen) atoms. The number of aliphatic hydroxyl groups is 1. The molecule has 17 nitrogen and oxygen atoms in total. The molecular formula is C75H138O17P2. The maximum absolute atomic E-state index is 13.1. The molecule has 0 aliphatic heterocycles. The highest BCUT2D eigenvalue weighted by Crippen LogP contribution is 2.45. The summed E-state index contributed by atoms with van der Waals surface area (Å²) in [5.41, 5.74) is 0. The minimum absolute atomic E-state index is 0.100. The van der Waals surface area contributed by atoms with E-state index < -0.39 is 97.5 Å². The van der Waals surface area contributed by atoms with E-state index >= 15 is 0 Å². The first-order chi connectivity index (χ1) is 45.7. The second-order valence-corrected chi connectivity index (χ2v) is 28.5. The fraction of sp³-hybridized carbons (Fsp3) is 0.840. The molecule has 0 saturated heterocycles. The first-order valence-corrected chi connectivity index (χ1v) is 40.9. The van der Waals surface area contributed by atoms with Crippen LogP contribution < -0.4 is 0 Å². The van der Waals surface area contributed by atoms with E-state index in [1.165, 1.54) is 116 Å². The lowest BCUT2D eigenvalue weighted by Crippen LogP contribution is -2.30. The van der Waals surface area contributed by atoms with E-state index in [0.29, 0.717) is 25.7 Å². The average molecular weight is 1370 g/mol. The summed E-state index contributed by atoms with van der Waals surface area (Å²) >= 11 is 0. The van der Waals surface area contributed by atoms with Gasteiger partial charge in [-0.3, -0.25) is 37.3 Å². The fourth-order valence-electron chi connectivity index (χ4n) is 10.5. The molecule has 3 N–H and O–H groups in total. The molecule has 0 aliphatic carbocycles. The topological polar surface area (TPSA) is 237 Å². The minimum atomic E-state index is -4.96. The van der Waals surface area contributed by atoms with Gasteiger partial charge in [0.15, 0.2) is 12.2 Å². The highest BCUT2D eigenvalue weighted by Gasteiger charge is 2.30. The van der Waals surface area contributed by atoms with Gasteiger partial charge in [0.05, 0.1) is 26.4 Å². The van der Waals surface area contributed by atoms with Crippen LogP contribution in [0, 0.1) is 0 Å². The minimum Gasteiger partial charge on any atom is -0.462 e. The SMILES string of the molecule is CC/C=C\C/C=C\C/C=C\CCCCCCCCCC(=O)OCC(COP(=O)(O)OCC(O)COP(=O)(O)OCC(COC(=O)CCCCCCC/C=C\CCCC)OC(=O)CCCCCCCCCCCCC)OC(=O)CCCCCCCCCCCCCCCCC. The quantitative estimate of drug-likeness (QED) is 0.0169. The monoisotopic (exact) mass is 1370 g/mol. The summed E-state index contributed by atoms with van der Waals surface area (Å²) in [6.45, 7) is 4.76. The van der Waals surface area contributed by atoms with Crippen molar-refractivity contribution in [1.82, 2.24) is 0 Å². The molecule has 0 aromatic heterocycles. The van der Waals surface area contributed by atoms with E-state index in [2.05, 4.69) is 76.3 Å². The van der Waals surface area contributed by atoms with E-state index in [9.17, 15) is 43.2 Å².